The number of thiazole rings is 1. The van der Waals surface area contributed by atoms with E-state index < -0.39 is 0 Å². The van der Waals surface area contributed by atoms with Gasteiger partial charge in [-0.1, -0.05) is 30.3 Å². The van der Waals surface area contributed by atoms with E-state index in [4.69, 9.17) is 9.15 Å². The number of rotatable bonds is 4. The van der Waals surface area contributed by atoms with Crippen LogP contribution >= 0.6 is 11.3 Å². The van der Waals surface area contributed by atoms with Crippen molar-refractivity contribution < 1.29 is 9.15 Å². The zero-order chi connectivity index (χ0) is 16.4. The van der Waals surface area contributed by atoms with Crippen molar-refractivity contribution >= 4 is 22.3 Å². The van der Waals surface area contributed by atoms with Crippen molar-refractivity contribution in [2.75, 3.05) is 0 Å². The highest BCUT2D eigenvalue weighted by Gasteiger charge is 2.06. The van der Waals surface area contributed by atoms with Crippen molar-refractivity contribution in [3.05, 3.63) is 82.2 Å². The second kappa shape index (κ2) is 6.29. The largest absolute Gasteiger partial charge is 0.487 e. The molecule has 118 valence electrons. The first-order chi connectivity index (χ1) is 11.8. The summed E-state index contributed by atoms with van der Waals surface area (Å²) in [5.74, 6) is 0.645. The number of hydrogen-bond donors (Lipinski definition) is 0. The highest BCUT2D eigenvalue weighted by molar-refractivity contribution is 7.13. The highest BCUT2D eigenvalue weighted by atomic mass is 32.1. The van der Waals surface area contributed by atoms with E-state index in [9.17, 15) is 4.79 Å². The first-order valence-electron chi connectivity index (χ1n) is 7.44. The van der Waals surface area contributed by atoms with Gasteiger partial charge in [-0.25, -0.2) is 9.78 Å². The maximum atomic E-state index is 11.3. The molecule has 5 heteroatoms. The lowest BCUT2D eigenvalue weighted by atomic mass is 10.2. The van der Waals surface area contributed by atoms with E-state index in [-0.39, 0.29) is 5.63 Å². The Labute approximate surface area is 142 Å². The minimum Gasteiger partial charge on any atom is -0.487 e. The van der Waals surface area contributed by atoms with Gasteiger partial charge in [-0.2, -0.15) is 0 Å². The van der Waals surface area contributed by atoms with E-state index >= 15 is 0 Å². The van der Waals surface area contributed by atoms with Gasteiger partial charge in [-0.3, -0.25) is 0 Å². The lowest BCUT2D eigenvalue weighted by Gasteiger charge is -2.05. The molecule has 0 amide bonds. The molecule has 4 nitrogen and oxygen atoms in total. The molecule has 4 aromatic rings. The van der Waals surface area contributed by atoms with Crippen LogP contribution in [0.25, 0.3) is 21.5 Å². The number of ether oxygens (including phenoxy) is 1. The Morgan fingerprint density at radius 3 is 2.75 bits per heavy atom. The lowest BCUT2D eigenvalue weighted by Crippen LogP contribution is -1.97. The average molecular weight is 335 g/mol. The zero-order valence-electron chi connectivity index (χ0n) is 12.6. The van der Waals surface area contributed by atoms with Crippen LogP contribution in [-0.2, 0) is 6.61 Å². The Kier molecular flexibility index (Phi) is 3.84. The minimum absolute atomic E-state index is 0.367. The van der Waals surface area contributed by atoms with Crippen molar-refractivity contribution in [3.63, 3.8) is 0 Å². The molecular weight excluding hydrogens is 322 g/mol. The minimum atomic E-state index is -0.369. The summed E-state index contributed by atoms with van der Waals surface area (Å²) in [4.78, 5) is 15.9. The second-order valence-corrected chi connectivity index (χ2v) is 6.11. The van der Waals surface area contributed by atoms with Crippen molar-refractivity contribution in [1.29, 1.82) is 0 Å². The molecule has 24 heavy (non-hydrogen) atoms. The SMILES string of the molecule is O=c1ccc2ccc(OCc3csc(-c4ccccc4)n3)cc2o1. The molecule has 0 saturated heterocycles. The van der Waals surface area contributed by atoms with Gasteiger partial charge in [0.15, 0.2) is 0 Å². The van der Waals surface area contributed by atoms with Gasteiger partial charge in [-0.15, -0.1) is 11.3 Å². The van der Waals surface area contributed by atoms with E-state index in [1.54, 1.807) is 23.5 Å². The number of aromatic nitrogens is 1. The van der Waals surface area contributed by atoms with E-state index in [0.29, 0.717) is 17.9 Å². The first-order valence-corrected chi connectivity index (χ1v) is 8.32. The molecule has 0 N–H and O–H groups in total. The molecule has 4 rings (SSSR count). The van der Waals surface area contributed by atoms with Crippen molar-refractivity contribution in [3.8, 4) is 16.3 Å². The topological polar surface area (TPSA) is 52.3 Å². The Balaban J connectivity index is 1.51. The molecule has 0 bridgehead atoms. The fraction of sp³-hybridized carbons (Fsp3) is 0.0526. The summed E-state index contributed by atoms with van der Waals surface area (Å²) in [6.45, 7) is 0.367. The normalized spacial score (nSPS) is 10.8. The summed E-state index contributed by atoms with van der Waals surface area (Å²) in [5.41, 5.74) is 2.12. The molecule has 0 fully saturated rings. The maximum absolute atomic E-state index is 11.3. The van der Waals surface area contributed by atoms with Gasteiger partial charge in [-0.05, 0) is 18.2 Å². The highest BCUT2D eigenvalue weighted by Crippen LogP contribution is 2.25. The van der Waals surface area contributed by atoms with Gasteiger partial charge in [0, 0.05) is 28.5 Å². The molecular formula is C19H13NO3S. The molecule has 0 spiro atoms. The van der Waals surface area contributed by atoms with Gasteiger partial charge in [0.2, 0.25) is 0 Å². The zero-order valence-corrected chi connectivity index (χ0v) is 13.5. The molecule has 0 atom stereocenters. The van der Waals surface area contributed by atoms with Gasteiger partial charge in [0.1, 0.15) is 22.9 Å². The van der Waals surface area contributed by atoms with Crippen LogP contribution in [0.5, 0.6) is 5.75 Å². The monoisotopic (exact) mass is 335 g/mol. The molecule has 0 aliphatic heterocycles. The van der Waals surface area contributed by atoms with Gasteiger partial charge >= 0.3 is 5.63 Å². The molecule has 2 aromatic carbocycles. The van der Waals surface area contributed by atoms with Crippen LogP contribution in [0.3, 0.4) is 0 Å². The predicted molar refractivity (Wildman–Crippen MR) is 94.4 cm³/mol. The number of nitrogens with zero attached hydrogens (tertiary/aromatic N) is 1. The fourth-order valence-corrected chi connectivity index (χ4v) is 3.19. The van der Waals surface area contributed by atoms with Gasteiger partial charge < -0.3 is 9.15 Å². The van der Waals surface area contributed by atoms with Crippen molar-refractivity contribution in [2.24, 2.45) is 0 Å². The Bertz CT molecular complexity index is 1040. The Morgan fingerprint density at radius 1 is 1.04 bits per heavy atom. The summed E-state index contributed by atoms with van der Waals surface area (Å²) >= 11 is 1.59. The number of fused-ring (bicyclic) bond motifs is 1. The van der Waals surface area contributed by atoms with Crippen molar-refractivity contribution in [2.45, 2.75) is 6.61 Å². The summed E-state index contributed by atoms with van der Waals surface area (Å²) in [5, 5.41) is 3.82. The van der Waals surface area contributed by atoms with Crippen molar-refractivity contribution in [1.82, 2.24) is 4.98 Å². The summed E-state index contributed by atoms with van der Waals surface area (Å²) in [7, 11) is 0. The Morgan fingerprint density at radius 2 is 1.88 bits per heavy atom. The number of hydrogen-bond acceptors (Lipinski definition) is 5. The third-order valence-corrected chi connectivity index (χ3v) is 4.49. The van der Waals surface area contributed by atoms with Crippen LogP contribution in [0.1, 0.15) is 5.69 Å². The van der Waals surface area contributed by atoms with Crippen LogP contribution in [0.2, 0.25) is 0 Å². The molecule has 2 heterocycles. The molecule has 2 aromatic heterocycles. The smallest absolute Gasteiger partial charge is 0.336 e. The standard InChI is InChI=1S/C19H13NO3S/c21-18-9-7-13-6-8-16(10-17(13)23-18)22-11-15-12-24-19(20-15)14-4-2-1-3-5-14/h1-10,12H,11H2. The summed E-state index contributed by atoms with van der Waals surface area (Å²) in [6.07, 6.45) is 0. The summed E-state index contributed by atoms with van der Waals surface area (Å²) < 4.78 is 10.9. The van der Waals surface area contributed by atoms with Crippen LogP contribution in [-0.4, -0.2) is 4.98 Å². The third kappa shape index (κ3) is 3.07. The second-order valence-electron chi connectivity index (χ2n) is 5.25. The molecule has 0 aliphatic carbocycles. The van der Waals surface area contributed by atoms with Crippen LogP contribution in [0.15, 0.2) is 75.3 Å². The fourth-order valence-electron chi connectivity index (χ4n) is 2.37. The van der Waals surface area contributed by atoms with E-state index in [0.717, 1.165) is 21.7 Å². The average Bonchev–Trinajstić information content (AvgIpc) is 3.09. The maximum Gasteiger partial charge on any atom is 0.336 e. The van der Waals surface area contributed by atoms with Gasteiger partial charge in [0.05, 0.1) is 5.69 Å². The van der Waals surface area contributed by atoms with Crippen LogP contribution in [0.4, 0.5) is 0 Å². The molecule has 0 unspecified atom stereocenters. The molecule has 0 aliphatic rings. The van der Waals surface area contributed by atoms with E-state index in [1.807, 2.05) is 47.8 Å². The quantitative estimate of drug-likeness (QED) is 0.515. The van der Waals surface area contributed by atoms with E-state index in [2.05, 4.69) is 4.98 Å². The van der Waals surface area contributed by atoms with Crippen LogP contribution < -0.4 is 10.4 Å². The summed E-state index contributed by atoms with van der Waals surface area (Å²) in [6, 6.07) is 18.6. The predicted octanol–water partition coefficient (Wildman–Crippen LogP) is 4.50. The van der Waals surface area contributed by atoms with E-state index in [1.165, 1.54) is 6.07 Å². The molecule has 0 saturated carbocycles. The van der Waals surface area contributed by atoms with Gasteiger partial charge in [0.25, 0.3) is 0 Å². The molecule has 0 radical (unpaired) electrons. The number of benzene rings is 2. The third-order valence-electron chi connectivity index (χ3n) is 3.55. The van der Waals surface area contributed by atoms with Crippen LogP contribution in [0, 0.1) is 0 Å². The first kappa shape index (κ1) is 14.7. The Hall–Kier alpha value is -2.92. The lowest BCUT2D eigenvalue weighted by molar-refractivity contribution is 0.302.